The lowest BCUT2D eigenvalue weighted by molar-refractivity contribution is -0.116. The van der Waals surface area contributed by atoms with Gasteiger partial charge in [-0.25, -0.2) is 5.43 Å². The summed E-state index contributed by atoms with van der Waals surface area (Å²) in [5.74, 6) is 0.480. The quantitative estimate of drug-likeness (QED) is 0.742. The van der Waals surface area contributed by atoms with E-state index in [0.29, 0.717) is 17.0 Å². The van der Waals surface area contributed by atoms with Crippen molar-refractivity contribution in [1.82, 2.24) is 20.0 Å². The molecule has 1 amide bonds. The minimum Gasteiger partial charge on any atom is -0.496 e. The van der Waals surface area contributed by atoms with Crippen LogP contribution in [0, 0.1) is 0 Å². The van der Waals surface area contributed by atoms with E-state index in [1.807, 2.05) is 36.0 Å². The van der Waals surface area contributed by atoms with Gasteiger partial charge in [-0.1, -0.05) is 6.07 Å². The molecule has 3 aromatic rings. The van der Waals surface area contributed by atoms with E-state index in [-0.39, 0.29) is 5.91 Å². The van der Waals surface area contributed by atoms with Gasteiger partial charge in [0.25, 0.3) is 5.91 Å². The molecule has 7 heteroatoms. The number of hydrogen-bond donors (Lipinski definition) is 1. The van der Waals surface area contributed by atoms with Gasteiger partial charge in [0.1, 0.15) is 17.2 Å². The van der Waals surface area contributed by atoms with Crippen LogP contribution in [0.3, 0.4) is 0 Å². The number of nitrogens with one attached hydrogen (secondary N) is 1. The summed E-state index contributed by atoms with van der Waals surface area (Å²) in [7, 11) is 3.59. The fourth-order valence-electron chi connectivity index (χ4n) is 2.97. The predicted octanol–water partition coefficient (Wildman–Crippen LogP) is 1.89. The fraction of sp³-hybridized carbons (Fsp3) is 0.111. The number of nitrogens with zero attached hydrogens (tertiary/aromatic N) is 4. The van der Waals surface area contributed by atoms with Crippen molar-refractivity contribution in [2.24, 2.45) is 12.1 Å². The zero-order valence-electron chi connectivity index (χ0n) is 13.7. The number of ether oxygens (including phenoxy) is 1. The van der Waals surface area contributed by atoms with Crippen molar-refractivity contribution >= 4 is 28.6 Å². The highest BCUT2D eigenvalue weighted by Crippen LogP contribution is 2.32. The molecule has 0 fully saturated rings. The van der Waals surface area contributed by atoms with Gasteiger partial charge in [0.05, 0.1) is 24.4 Å². The van der Waals surface area contributed by atoms with Gasteiger partial charge >= 0.3 is 0 Å². The van der Waals surface area contributed by atoms with E-state index in [4.69, 9.17) is 4.74 Å². The van der Waals surface area contributed by atoms with Gasteiger partial charge in [-0.2, -0.15) is 5.10 Å². The molecule has 0 atom stereocenters. The summed E-state index contributed by atoms with van der Waals surface area (Å²) in [6.45, 7) is 0. The van der Waals surface area contributed by atoms with E-state index < -0.39 is 0 Å². The molecule has 7 nitrogen and oxygen atoms in total. The Labute approximate surface area is 143 Å². The second-order valence-corrected chi connectivity index (χ2v) is 5.60. The first-order valence-electron chi connectivity index (χ1n) is 7.67. The molecule has 1 aliphatic heterocycles. The number of amides is 1. The summed E-state index contributed by atoms with van der Waals surface area (Å²) in [6, 6.07) is 5.84. The summed E-state index contributed by atoms with van der Waals surface area (Å²) < 4.78 is 7.48. The lowest BCUT2D eigenvalue weighted by Gasteiger charge is -2.04. The summed E-state index contributed by atoms with van der Waals surface area (Å²) in [5, 5.41) is 5.05. The monoisotopic (exact) mass is 333 g/mol. The molecular formula is C18H15N5O2. The maximum atomic E-state index is 12.3. The van der Waals surface area contributed by atoms with Gasteiger partial charge < -0.3 is 9.30 Å². The highest BCUT2D eigenvalue weighted by molar-refractivity contribution is 6.33. The van der Waals surface area contributed by atoms with E-state index in [1.54, 1.807) is 31.8 Å². The first-order chi connectivity index (χ1) is 12.2. The summed E-state index contributed by atoms with van der Waals surface area (Å²) in [6.07, 6.45) is 8.49. The molecular weight excluding hydrogens is 318 g/mol. The van der Waals surface area contributed by atoms with Crippen molar-refractivity contribution in [3.63, 3.8) is 0 Å². The molecule has 1 aliphatic rings. The number of hydrogen-bond acceptors (Lipinski definition) is 5. The number of carbonyl (C=O) groups excluding carboxylic acids is 1. The van der Waals surface area contributed by atoms with Crippen LogP contribution in [0.25, 0.3) is 17.0 Å². The van der Waals surface area contributed by atoms with Crippen LogP contribution in [-0.2, 0) is 11.8 Å². The minimum atomic E-state index is -0.271. The smallest absolute Gasteiger partial charge is 0.273 e. The van der Waals surface area contributed by atoms with E-state index in [1.165, 1.54) is 0 Å². The number of benzene rings is 1. The minimum absolute atomic E-state index is 0.271. The third-order valence-electron chi connectivity index (χ3n) is 4.10. The number of aryl methyl sites for hydroxylation is 1. The molecule has 1 aromatic carbocycles. The molecule has 0 spiro atoms. The Kier molecular flexibility index (Phi) is 3.53. The molecule has 1 N–H and O–H groups in total. The Morgan fingerprint density at radius 2 is 2.16 bits per heavy atom. The molecule has 0 saturated carbocycles. The van der Waals surface area contributed by atoms with Crippen LogP contribution in [0.15, 0.2) is 53.7 Å². The van der Waals surface area contributed by atoms with E-state index in [9.17, 15) is 4.79 Å². The lowest BCUT2D eigenvalue weighted by atomic mass is 10.0. The van der Waals surface area contributed by atoms with Crippen LogP contribution in [0.1, 0.15) is 11.3 Å². The first-order valence-corrected chi connectivity index (χ1v) is 7.67. The van der Waals surface area contributed by atoms with Gasteiger partial charge in [0, 0.05) is 36.6 Å². The second kappa shape index (κ2) is 5.86. The largest absolute Gasteiger partial charge is 0.496 e. The van der Waals surface area contributed by atoms with Gasteiger partial charge in [0.2, 0.25) is 0 Å². The second-order valence-electron chi connectivity index (χ2n) is 5.60. The van der Waals surface area contributed by atoms with Crippen LogP contribution in [0.2, 0.25) is 0 Å². The predicted molar refractivity (Wildman–Crippen MR) is 94.2 cm³/mol. The third-order valence-corrected chi connectivity index (χ3v) is 4.10. The molecule has 0 bridgehead atoms. The SMILES string of the molecule is COc1cccc2c1c(/C=C1/C(=O)NN=C1c1cnccn1)cn2C. The Balaban J connectivity index is 1.89. The normalized spacial score (nSPS) is 15.5. The Morgan fingerprint density at radius 1 is 1.28 bits per heavy atom. The van der Waals surface area contributed by atoms with Crippen molar-refractivity contribution < 1.29 is 9.53 Å². The summed E-state index contributed by atoms with van der Waals surface area (Å²) >= 11 is 0. The Hall–Kier alpha value is -3.48. The zero-order valence-corrected chi connectivity index (χ0v) is 13.7. The van der Waals surface area contributed by atoms with E-state index in [0.717, 1.165) is 22.2 Å². The molecule has 3 heterocycles. The van der Waals surface area contributed by atoms with Crippen LogP contribution < -0.4 is 10.2 Å². The van der Waals surface area contributed by atoms with Gasteiger partial charge in [-0.15, -0.1) is 0 Å². The van der Waals surface area contributed by atoms with E-state index in [2.05, 4.69) is 20.5 Å². The van der Waals surface area contributed by atoms with Crippen molar-refractivity contribution in [1.29, 1.82) is 0 Å². The number of methoxy groups -OCH3 is 1. The third kappa shape index (κ3) is 2.46. The maximum Gasteiger partial charge on any atom is 0.273 e. The number of hydrazone groups is 1. The van der Waals surface area contributed by atoms with Crippen molar-refractivity contribution in [2.75, 3.05) is 7.11 Å². The molecule has 4 rings (SSSR count). The number of aromatic nitrogens is 3. The zero-order chi connectivity index (χ0) is 17.4. The van der Waals surface area contributed by atoms with Crippen LogP contribution in [0.4, 0.5) is 0 Å². The molecule has 25 heavy (non-hydrogen) atoms. The van der Waals surface area contributed by atoms with Gasteiger partial charge in [-0.3, -0.25) is 14.8 Å². The highest BCUT2D eigenvalue weighted by atomic mass is 16.5. The number of carbonyl (C=O) groups is 1. The number of rotatable bonds is 3. The molecule has 0 saturated heterocycles. The van der Waals surface area contributed by atoms with Gasteiger partial charge in [-0.05, 0) is 18.2 Å². The topological polar surface area (TPSA) is 81.4 Å². The van der Waals surface area contributed by atoms with E-state index >= 15 is 0 Å². The van der Waals surface area contributed by atoms with Crippen molar-refractivity contribution in [3.05, 3.63) is 59.8 Å². The highest BCUT2D eigenvalue weighted by Gasteiger charge is 2.26. The lowest BCUT2D eigenvalue weighted by Crippen LogP contribution is -2.14. The molecule has 124 valence electrons. The van der Waals surface area contributed by atoms with Crippen molar-refractivity contribution in [2.45, 2.75) is 0 Å². The molecule has 0 aliphatic carbocycles. The van der Waals surface area contributed by atoms with Gasteiger partial charge in [0.15, 0.2) is 0 Å². The van der Waals surface area contributed by atoms with Crippen LogP contribution in [-0.4, -0.2) is 33.3 Å². The van der Waals surface area contributed by atoms with Crippen molar-refractivity contribution in [3.8, 4) is 5.75 Å². The maximum absolute atomic E-state index is 12.3. The summed E-state index contributed by atoms with van der Waals surface area (Å²) in [4.78, 5) is 20.6. The Bertz CT molecular complexity index is 1030. The Morgan fingerprint density at radius 3 is 2.92 bits per heavy atom. The summed E-state index contributed by atoms with van der Waals surface area (Å²) in [5.41, 5.74) is 5.85. The molecule has 2 aromatic heterocycles. The first kappa shape index (κ1) is 15.1. The average Bonchev–Trinajstić information content (AvgIpc) is 3.17. The number of fused-ring (bicyclic) bond motifs is 1. The van der Waals surface area contributed by atoms with Crippen LogP contribution in [0.5, 0.6) is 5.75 Å². The molecule has 0 unspecified atom stereocenters. The fourth-order valence-corrected chi connectivity index (χ4v) is 2.97. The molecule has 0 radical (unpaired) electrons. The average molecular weight is 333 g/mol. The standard InChI is InChI=1S/C18H15N5O2/c1-23-10-11(16-14(23)4-3-5-15(16)25-2)8-12-17(21-22-18(12)24)13-9-19-6-7-20-13/h3-10H,1-2H3,(H,22,24)/b12-8+. The van der Waals surface area contributed by atoms with Crippen LogP contribution >= 0.6 is 0 Å².